The van der Waals surface area contributed by atoms with Crippen LogP contribution in [-0.2, 0) is 68.7 Å². The molecule has 0 saturated heterocycles. The van der Waals surface area contributed by atoms with Crippen molar-refractivity contribution in [2.24, 2.45) is 84.1 Å². The van der Waals surface area contributed by atoms with Crippen LogP contribution < -0.4 is 111 Å². The Balaban J connectivity index is 3.55. The van der Waals surface area contributed by atoms with Crippen molar-refractivity contribution in [2.75, 3.05) is 32.7 Å². The molecular formula is C72H129N23O13. The molecule has 13 amide bonds. The second kappa shape index (κ2) is 56.4. The van der Waals surface area contributed by atoms with Crippen molar-refractivity contribution in [1.29, 1.82) is 0 Å². The van der Waals surface area contributed by atoms with Crippen LogP contribution in [-0.4, -0.2) is 182 Å². The van der Waals surface area contributed by atoms with Gasteiger partial charge < -0.3 is 111 Å². The number of guanidine groups is 3. The summed E-state index contributed by atoms with van der Waals surface area (Å²) in [6.07, 6.45) is 14.2. The summed E-state index contributed by atoms with van der Waals surface area (Å²) in [5.41, 5.74) is 55.8. The number of unbranched alkanes of at least 4 members (excludes halogenated alkanes) is 13. The maximum atomic E-state index is 14.8. The van der Waals surface area contributed by atoms with Crippen molar-refractivity contribution < 1.29 is 62.3 Å². The third kappa shape index (κ3) is 45.6. The molecular weight excluding hydrogens is 1390 g/mol. The number of carbonyl (C=O) groups excluding carboxylic acids is 13. The molecule has 108 heavy (non-hydrogen) atoms. The van der Waals surface area contributed by atoms with Crippen LogP contribution in [0, 0.1) is 11.8 Å². The van der Waals surface area contributed by atoms with Gasteiger partial charge in [-0.2, -0.15) is 0 Å². The number of nitrogens with zero attached hydrogens (tertiary/aromatic N) is 3. The van der Waals surface area contributed by atoms with Crippen LogP contribution in [0.15, 0.2) is 45.3 Å². The standard InChI is InChI=1S/C72H129N23O13/c1-6-7-8-9-10-11-12-13-14-15-16-17-21-33-58(98)87-52(34-36-56(74)96)65(104)90-51(32-26-41-85-72(81)82)64(103)93-54(42-45(2)3)67(106)94-55(43-47-27-19-18-20-28-47)68(107)91-53(35-37-57(75)97)66(105)95-60(46(4)5)69(108)92-49(29-22-23-38-73)62(101)86-44-59(99)88-50(31-25-40-84-71(79)80)63(102)89-48(61(76)100)30-24-39-83-70(77)78/h18-20,27-28,45-46,48-55,60H,6-17,21-26,29-44,73H2,1-5H3,(H2,74,96)(H2,75,97)(H2,76,100)(H,86,101)(H,87,98)(H,88,99)(H,89,102)(H,90,104)(H,91,107)(H,92,108)(H,93,103)(H,94,106)(H,95,105)(H4,77,78,83)(H4,79,80,84)(H4,81,82,85)/t48-,49-,50-,51-,52-,53-,54-,55-,60-/m0/s1. The van der Waals surface area contributed by atoms with Gasteiger partial charge in [0, 0.05) is 45.3 Å². The highest BCUT2D eigenvalue weighted by atomic mass is 16.2. The van der Waals surface area contributed by atoms with E-state index < -0.39 is 156 Å². The average Bonchev–Trinajstić information content (AvgIpc) is 0.851. The number of hydrogen-bond acceptors (Lipinski definition) is 17. The van der Waals surface area contributed by atoms with E-state index in [0.717, 1.165) is 25.7 Å². The topological polar surface area (TPSA) is 639 Å². The fraction of sp³-hybridized carbons (Fsp3) is 0.694. The molecule has 0 spiro atoms. The van der Waals surface area contributed by atoms with Crippen molar-refractivity contribution >= 4 is 94.7 Å². The molecule has 0 saturated carbocycles. The van der Waals surface area contributed by atoms with Gasteiger partial charge in [-0.3, -0.25) is 77.3 Å². The zero-order valence-electron chi connectivity index (χ0n) is 64.2. The molecule has 30 N–H and O–H groups in total. The average molecular weight is 1520 g/mol. The van der Waals surface area contributed by atoms with Crippen LogP contribution >= 0.6 is 0 Å². The van der Waals surface area contributed by atoms with Crippen molar-refractivity contribution in [3.05, 3.63) is 35.9 Å². The maximum absolute atomic E-state index is 14.8. The third-order valence-electron chi connectivity index (χ3n) is 17.4. The van der Waals surface area contributed by atoms with Crippen LogP contribution in [0.25, 0.3) is 0 Å². The lowest BCUT2D eigenvalue weighted by molar-refractivity contribution is -0.136. The van der Waals surface area contributed by atoms with Gasteiger partial charge in [0.2, 0.25) is 76.8 Å². The lowest BCUT2D eigenvalue weighted by Gasteiger charge is -2.29. The van der Waals surface area contributed by atoms with Crippen molar-refractivity contribution in [3.8, 4) is 0 Å². The number of carbonyl (C=O) groups is 13. The number of amides is 13. The number of rotatable bonds is 61. The molecule has 1 aromatic rings. The van der Waals surface area contributed by atoms with Crippen molar-refractivity contribution in [2.45, 2.75) is 275 Å². The summed E-state index contributed by atoms with van der Waals surface area (Å²) >= 11 is 0. The van der Waals surface area contributed by atoms with Crippen LogP contribution in [0.4, 0.5) is 0 Å². The Bertz CT molecular complexity index is 3040. The fourth-order valence-corrected chi connectivity index (χ4v) is 11.5. The number of aliphatic imine (C=N–C) groups is 3. The molecule has 0 aliphatic rings. The zero-order chi connectivity index (χ0) is 80.9. The summed E-state index contributed by atoms with van der Waals surface area (Å²) in [7, 11) is 0. The van der Waals surface area contributed by atoms with Crippen LogP contribution in [0.2, 0.25) is 0 Å². The minimum Gasteiger partial charge on any atom is -0.370 e. The Kier molecular flexibility index (Phi) is 50.2. The predicted molar refractivity (Wildman–Crippen MR) is 414 cm³/mol. The predicted octanol–water partition coefficient (Wildman–Crippen LogP) is -1.80. The first kappa shape index (κ1) is 96.1. The smallest absolute Gasteiger partial charge is 0.243 e. The second-order valence-electron chi connectivity index (χ2n) is 27.9. The monoisotopic (exact) mass is 1520 g/mol. The molecule has 610 valence electrons. The van der Waals surface area contributed by atoms with E-state index in [-0.39, 0.29) is 127 Å². The highest BCUT2D eigenvalue weighted by Crippen LogP contribution is 2.16. The van der Waals surface area contributed by atoms with Crippen LogP contribution in [0.3, 0.4) is 0 Å². The van der Waals surface area contributed by atoms with E-state index in [0.29, 0.717) is 24.8 Å². The summed E-state index contributed by atoms with van der Waals surface area (Å²) in [6.45, 7) is 8.67. The quantitative estimate of drug-likeness (QED) is 0.0194. The summed E-state index contributed by atoms with van der Waals surface area (Å²) < 4.78 is 0. The Morgan fingerprint density at radius 1 is 0.361 bits per heavy atom. The van der Waals surface area contributed by atoms with E-state index in [2.05, 4.69) is 75.1 Å². The van der Waals surface area contributed by atoms with E-state index in [1.807, 2.05) is 0 Å². The van der Waals surface area contributed by atoms with Crippen molar-refractivity contribution in [1.82, 2.24) is 53.2 Å². The van der Waals surface area contributed by atoms with Gasteiger partial charge in [0.15, 0.2) is 17.9 Å². The number of nitrogens with two attached hydrogens (primary N) is 10. The Morgan fingerprint density at radius 3 is 1.19 bits per heavy atom. The second-order valence-corrected chi connectivity index (χ2v) is 27.9. The number of nitrogens with one attached hydrogen (secondary N) is 10. The number of benzene rings is 1. The largest absolute Gasteiger partial charge is 0.370 e. The molecule has 9 atom stereocenters. The van der Waals surface area contributed by atoms with Gasteiger partial charge in [0.05, 0.1) is 6.54 Å². The summed E-state index contributed by atoms with van der Waals surface area (Å²) in [4.78, 5) is 190. The van der Waals surface area contributed by atoms with Gasteiger partial charge in [-0.15, -0.1) is 0 Å². The highest BCUT2D eigenvalue weighted by molar-refractivity contribution is 5.99. The molecule has 0 radical (unpaired) electrons. The maximum Gasteiger partial charge on any atom is 0.243 e. The van der Waals surface area contributed by atoms with E-state index in [1.165, 1.54) is 51.4 Å². The van der Waals surface area contributed by atoms with Gasteiger partial charge in [0.25, 0.3) is 0 Å². The summed E-state index contributed by atoms with van der Waals surface area (Å²) in [5.74, 6) is -12.3. The van der Waals surface area contributed by atoms with Gasteiger partial charge in [-0.1, -0.05) is 142 Å². The lowest BCUT2D eigenvalue weighted by atomic mass is 9.99. The minimum absolute atomic E-state index is 0.00531. The molecule has 1 rings (SSSR count). The van der Waals surface area contributed by atoms with Crippen LogP contribution in [0.5, 0.6) is 0 Å². The molecule has 36 heteroatoms. The molecule has 0 aliphatic carbocycles. The van der Waals surface area contributed by atoms with E-state index in [1.54, 1.807) is 58.0 Å². The zero-order valence-corrected chi connectivity index (χ0v) is 64.2. The molecule has 1 aromatic carbocycles. The van der Waals surface area contributed by atoms with E-state index in [4.69, 9.17) is 57.3 Å². The van der Waals surface area contributed by atoms with Crippen LogP contribution in [0.1, 0.15) is 220 Å². The fourth-order valence-electron chi connectivity index (χ4n) is 11.5. The minimum atomic E-state index is -1.60. The van der Waals surface area contributed by atoms with Crippen molar-refractivity contribution in [3.63, 3.8) is 0 Å². The molecule has 0 bridgehead atoms. The molecule has 0 unspecified atom stereocenters. The molecule has 0 fully saturated rings. The molecule has 0 aliphatic heterocycles. The summed E-state index contributed by atoms with van der Waals surface area (Å²) in [6, 6.07) is -3.90. The molecule has 36 nitrogen and oxygen atoms in total. The number of hydrogen-bond donors (Lipinski definition) is 20. The van der Waals surface area contributed by atoms with Gasteiger partial charge in [-0.05, 0) is 107 Å². The van der Waals surface area contributed by atoms with Gasteiger partial charge in [-0.25, -0.2) is 0 Å². The Labute approximate surface area is 635 Å². The Morgan fingerprint density at radius 2 is 0.731 bits per heavy atom. The highest BCUT2D eigenvalue weighted by Gasteiger charge is 2.36. The molecule has 0 aromatic heterocycles. The first-order valence-corrected chi connectivity index (χ1v) is 38.0. The normalized spacial score (nSPS) is 13.5. The molecule has 0 heterocycles. The Hall–Kier alpha value is -9.90. The summed E-state index contributed by atoms with van der Waals surface area (Å²) in [5, 5.41) is 26.3. The van der Waals surface area contributed by atoms with Gasteiger partial charge >= 0.3 is 0 Å². The first-order valence-electron chi connectivity index (χ1n) is 38.0. The lowest BCUT2D eigenvalue weighted by Crippen LogP contribution is -2.61. The van der Waals surface area contributed by atoms with E-state index >= 15 is 0 Å². The third-order valence-corrected chi connectivity index (χ3v) is 17.4. The first-order chi connectivity index (χ1) is 51.3. The van der Waals surface area contributed by atoms with E-state index in [9.17, 15) is 62.3 Å². The number of primary amides is 3. The van der Waals surface area contributed by atoms with Gasteiger partial charge in [0.1, 0.15) is 54.4 Å². The SMILES string of the molecule is CCCCCCCCCCCCCCCC(=O)N[C@@H](CCC(N)=O)C(=O)N[C@@H](CCCN=C(N)N)C(=O)N[C@@H](CC(C)C)C(=O)N[C@@H](Cc1ccccc1)C(=O)N[C@@H](CCC(N)=O)C(=O)N[C@H](C(=O)N[C@@H](CCCCN)C(=O)NCC(=O)N[C@@H](CCCN=C(N)N)C(=O)N[C@@H](CCCN=C(N)N)C(N)=O)C(C)C.